The van der Waals surface area contributed by atoms with E-state index in [1.807, 2.05) is 19.1 Å². The van der Waals surface area contributed by atoms with Crippen molar-refractivity contribution in [1.82, 2.24) is 9.55 Å². The topological polar surface area (TPSA) is 116 Å². The third kappa shape index (κ3) is 4.20. The molecule has 0 fully saturated rings. The number of para-hydroxylation sites is 1. The number of methoxy groups -OCH3 is 1. The number of thiazole rings is 1. The van der Waals surface area contributed by atoms with Crippen LogP contribution in [0.4, 0.5) is 10.8 Å². The van der Waals surface area contributed by atoms with Crippen LogP contribution >= 0.6 is 11.3 Å². The highest BCUT2D eigenvalue weighted by Gasteiger charge is 2.22. The molecule has 9 nitrogen and oxygen atoms in total. The molecule has 2 aromatic heterocycles. The van der Waals surface area contributed by atoms with Crippen molar-refractivity contribution in [3.05, 3.63) is 79.9 Å². The molecule has 1 unspecified atom stereocenters. The molecule has 0 spiro atoms. The number of hydrogen-bond donors (Lipinski definition) is 1. The molecular weight excluding hydrogens is 444 g/mol. The van der Waals surface area contributed by atoms with Gasteiger partial charge in [0.05, 0.1) is 23.2 Å². The number of aromatic nitrogens is 2. The molecule has 0 bridgehead atoms. The fourth-order valence-corrected chi connectivity index (χ4v) is 4.37. The first-order valence-electron chi connectivity index (χ1n) is 10.00. The van der Waals surface area contributed by atoms with Crippen LogP contribution in [-0.4, -0.2) is 27.5 Å². The smallest absolute Gasteiger partial charge is 0.270 e. The van der Waals surface area contributed by atoms with E-state index in [1.165, 1.54) is 41.2 Å². The highest BCUT2D eigenvalue weighted by Crippen LogP contribution is 2.30. The average Bonchev–Trinajstić information content (AvgIpc) is 3.27. The minimum Gasteiger partial charge on any atom is -0.495 e. The fraction of sp³-hybridized carbons (Fsp3) is 0.174. The maximum atomic E-state index is 13.0. The number of hydrogen-bond acceptors (Lipinski definition) is 7. The van der Waals surface area contributed by atoms with E-state index in [0.29, 0.717) is 27.7 Å². The van der Waals surface area contributed by atoms with Crippen molar-refractivity contribution in [2.45, 2.75) is 19.9 Å². The number of aryl methyl sites for hydroxylation is 1. The lowest BCUT2D eigenvalue weighted by Crippen LogP contribution is -2.32. The van der Waals surface area contributed by atoms with Gasteiger partial charge >= 0.3 is 0 Å². The first-order chi connectivity index (χ1) is 15.8. The summed E-state index contributed by atoms with van der Waals surface area (Å²) >= 11 is 1.19. The molecule has 33 heavy (non-hydrogen) atoms. The summed E-state index contributed by atoms with van der Waals surface area (Å²) in [6.45, 7) is 3.47. The standard InChI is InChI=1S/C23H20N4O5S/c1-13-10-20(28)26(21-17(13)8-5-9-19(21)32-3)14(2)22(29)25-23-24-18(12-33-23)15-6-4-7-16(11-15)27(30)31/h4-12,14H,1-3H3,(H,24,25,29). The van der Waals surface area contributed by atoms with Crippen LogP contribution in [0.5, 0.6) is 5.75 Å². The summed E-state index contributed by atoms with van der Waals surface area (Å²) in [5.74, 6) is 0.0725. The predicted molar refractivity (Wildman–Crippen MR) is 127 cm³/mol. The van der Waals surface area contributed by atoms with E-state index in [0.717, 1.165) is 10.9 Å². The Hall–Kier alpha value is -4.05. The molecule has 0 aliphatic heterocycles. The second kappa shape index (κ2) is 8.83. The quantitative estimate of drug-likeness (QED) is 0.331. The van der Waals surface area contributed by atoms with Crippen molar-refractivity contribution in [1.29, 1.82) is 0 Å². The zero-order chi connectivity index (χ0) is 23.7. The lowest BCUT2D eigenvalue weighted by Gasteiger charge is -2.19. The second-order valence-electron chi connectivity index (χ2n) is 7.40. The number of pyridine rings is 1. The van der Waals surface area contributed by atoms with E-state index in [4.69, 9.17) is 4.74 Å². The Morgan fingerprint density at radius 2 is 2.00 bits per heavy atom. The van der Waals surface area contributed by atoms with E-state index in [2.05, 4.69) is 10.3 Å². The summed E-state index contributed by atoms with van der Waals surface area (Å²) in [4.78, 5) is 40.8. The number of rotatable bonds is 6. The number of nitrogens with one attached hydrogen (secondary N) is 1. The van der Waals surface area contributed by atoms with Gasteiger partial charge in [-0.1, -0.05) is 24.3 Å². The third-order valence-electron chi connectivity index (χ3n) is 5.32. The largest absolute Gasteiger partial charge is 0.495 e. The summed E-state index contributed by atoms with van der Waals surface area (Å²) in [6.07, 6.45) is 0. The molecule has 2 aromatic carbocycles. The maximum absolute atomic E-state index is 13.0. The minimum atomic E-state index is -0.845. The third-order valence-corrected chi connectivity index (χ3v) is 6.07. The number of fused-ring (bicyclic) bond motifs is 1. The van der Waals surface area contributed by atoms with Gasteiger partial charge in [-0.2, -0.15) is 0 Å². The Balaban J connectivity index is 1.65. The van der Waals surface area contributed by atoms with Gasteiger partial charge in [0, 0.05) is 34.5 Å². The van der Waals surface area contributed by atoms with Crippen LogP contribution in [0.3, 0.4) is 0 Å². The van der Waals surface area contributed by atoms with E-state index >= 15 is 0 Å². The van der Waals surface area contributed by atoms with Crippen LogP contribution in [0, 0.1) is 17.0 Å². The zero-order valence-corrected chi connectivity index (χ0v) is 18.9. The highest BCUT2D eigenvalue weighted by atomic mass is 32.1. The molecule has 1 N–H and O–H groups in total. The van der Waals surface area contributed by atoms with Crippen molar-refractivity contribution in [3.63, 3.8) is 0 Å². The predicted octanol–water partition coefficient (Wildman–Crippen LogP) is 4.55. The van der Waals surface area contributed by atoms with Gasteiger partial charge < -0.3 is 10.1 Å². The molecule has 1 amide bonds. The number of nitro groups is 1. The van der Waals surface area contributed by atoms with Crippen molar-refractivity contribution in [2.24, 2.45) is 0 Å². The molecule has 0 aliphatic carbocycles. The van der Waals surface area contributed by atoms with Crippen LogP contribution in [-0.2, 0) is 4.79 Å². The summed E-state index contributed by atoms with van der Waals surface area (Å²) in [7, 11) is 1.52. The molecule has 0 saturated carbocycles. The van der Waals surface area contributed by atoms with E-state index in [-0.39, 0.29) is 11.2 Å². The number of carbonyl (C=O) groups excluding carboxylic acids is 1. The van der Waals surface area contributed by atoms with E-state index < -0.39 is 16.9 Å². The number of carbonyl (C=O) groups is 1. The van der Waals surface area contributed by atoms with Gasteiger partial charge in [-0.15, -0.1) is 11.3 Å². The first kappa shape index (κ1) is 22.2. The summed E-state index contributed by atoms with van der Waals surface area (Å²) < 4.78 is 6.86. The Labute approximate surface area is 192 Å². The Kier molecular flexibility index (Phi) is 5.93. The summed E-state index contributed by atoms with van der Waals surface area (Å²) in [6, 6.07) is 12.2. The number of ether oxygens (including phenoxy) is 1. The Morgan fingerprint density at radius 3 is 2.73 bits per heavy atom. The SMILES string of the molecule is COc1cccc2c(C)cc(=O)n(C(C)C(=O)Nc3nc(-c4cccc([N+](=O)[O-])c4)cs3)c12. The molecule has 168 valence electrons. The van der Waals surface area contributed by atoms with Crippen LogP contribution < -0.4 is 15.6 Å². The average molecular weight is 465 g/mol. The molecule has 4 rings (SSSR count). The monoisotopic (exact) mass is 464 g/mol. The van der Waals surface area contributed by atoms with Gasteiger partial charge in [-0.05, 0) is 25.5 Å². The normalized spacial score (nSPS) is 11.8. The number of benzene rings is 2. The van der Waals surface area contributed by atoms with Gasteiger partial charge in [0.2, 0.25) is 5.91 Å². The highest BCUT2D eigenvalue weighted by molar-refractivity contribution is 7.14. The van der Waals surface area contributed by atoms with Gasteiger partial charge in [0.15, 0.2) is 5.13 Å². The molecule has 0 radical (unpaired) electrons. The van der Waals surface area contributed by atoms with Crippen molar-refractivity contribution in [3.8, 4) is 17.0 Å². The van der Waals surface area contributed by atoms with Gasteiger partial charge in [-0.25, -0.2) is 4.98 Å². The fourth-order valence-electron chi connectivity index (χ4n) is 3.65. The molecule has 2 heterocycles. The molecule has 1 atom stereocenters. The zero-order valence-electron chi connectivity index (χ0n) is 18.1. The molecule has 0 aliphatic rings. The lowest BCUT2D eigenvalue weighted by molar-refractivity contribution is -0.384. The van der Waals surface area contributed by atoms with Crippen molar-refractivity contribution in [2.75, 3.05) is 12.4 Å². The maximum Gasteiger partial charge on any atom is 0.270 e. The molecule has 0 saturated heterocycles. The number of nitro benzene ring substituents is 1. The van der Waals surface area contributed by atoms with Crippen molar-refractivity contribution >= 4 is 39.0 Å². The number of amides is 1. The number of anilines is 1. The Bertz CT molecular complexity index is 1440. The molecular formula is C23H20N4O5S. The van der Waals surface area contributed by atoms with Gasteiger partial charge in [0.25, 0.3) is 11.2 Å². The van der Waals surface area contributed by atoms with E-state index in [9.17, 15) is 19.7 Å². The van der Waals surface area contributed by atoms with Crippen LogP contribution in [0.2, 0.25) is 0 Å². The van der Waals surface area contributed by atoms with Crippen LogP contribution in [0.25, 0.3) is 22.2 Å². The second-order valence-corrected chi connectivity index (χ2v) is 8.26. The number of nitrogens with zero attached hydrogens (tertiary/aromatic N) is 3. The van der Waals surface area contributed by atoms with Crippen molar-refractivity contribution < 1.29 is 14.5 Å². The summed E-state index contributed by atoms with van der Waals surface area (Å²) in [5, 5.41) is 16.6. The van der Waals surface area contributed by atoms with Crippen LogP contribution in [0.1, 0.15) is 18.5 Å². The molecule has 10 heteroatoms. The Morgan fingerprint density at radius 1 is 1.24 bits per heavy atom. The lowest BCUT2D eigenvalue weighted by atomic mass is 10.1. The van der Waals surface area contributed by atoms with Gasteiger partial charge in [0.1, 0.15) is 11.8 Å². The van der Waals surface area contributed by atoms with Crippen LogP contribution in [0.15, 0.2) is 58.7 Å². The van der Waals surface area contributed by atoms with Gasteiger partial charge in [-0.3, -0.25) is 24.3 Å². The first-order valence-corrected chi connectivity index (χ1v) is 10.9. The summed E-state index contributed by atoms with van der Waals surface area (Å²) in [5.41, 5.74) is 2.05. The van der Waals surface area contributed by atoms with E-state index in [1.54, 1.807) is 30.5 Å². The minimum absolute atomic E-state index is 0.0423. The molecule has 4 aromatic rings. The number of non-ortho nitro benzene ring substituents is 1.